The van der Waals surface area contributed by atoms with E-state index in [2.05, 4.69) is 32.0 Å². The van der Waals surface area contributed by atoms with Gasteiger partial charge >= 0.3 is 0 Å². The number of hydrogen-bond acceptors (Lipinski definition) is 6. The van der Waals surface area contributed by atoms with Crippen LogP contribution in [-0.2, 0) is 0 Å². The number of fused-ring (bicyclic) bond motifs is 1. The number of ether oxygens (including phenoxy) is 1. The van der Waals surface area contributed by atoms with Gasteiger partial charge in [-0.1, -0.05) is 52.3 Å². The molecule has 0 aliphatic carbocycles. The molecular weight excluding hydrogens is 506 g/mol. The molecule has 2 aromatic carbocycles. The summed E-state index contributed by atoms with van der Waals surface area (Å²) in [6.45, 7) is 1.61. The predicted octanol–water partition coefficient (Wildman–Crippen LogP) is 5.69. The molecule has 0 N–H and O–H groups in total. The van der Waals surface area contributed by atoms with Gasteiger partial charge in [0.05, 0.1) is 16.8 Å². The molecule has 0 saturated heterocycles. The number of carbonyl (C=O) groups is 1. The second-order valence-corrected chi connectivity index (χ2v) is 8.69. The van der Waals surface area contributed by atoms with Gasteiger partial charge in [-0.15, -0.1) is 0 Å². The zero-order valence-corrected chi connectivity index (χ0v) is 20.2. The molecule has 0 saturated carbocycles. The minimum absolute atomic E-state index is 0.0707. The summed E-state index contributed by atoms with van der Waals surface area (Å²) >= 11 is 3.37. The summed E-state index contributed by atoms with van der Waals surface area (Å²) in [4.78, 5) is 21.7. The van der Waals surface area contributed by atoms with Gasteiger partial charge in [0.25, 0.3) is 0 Å². The Morgan fingerprint density at radius 2 is 1.86 bits per heavy atom. The van der Waals surface area contributed by atoms with Crippen LogP contribution in [0.5, 0.6) is 5.88 Å². The molecule has 8 heteroatoms. The normalized spacial score (nSPS) is 10.8. The van der Waals surface area contributed by atoms with Gasteiger partial charge in [-0.05, 0) is 37.3 Å². The number of para-hydroxylation sites is 1. The standard InChI is InChI=1S/C27H18BrN5O2/c1-17-24-25(19-6-5-13-30-15-19)22(14-29)27(35-16-23(34)18-9-11-20(28)12-10-18)31-26(24)33(32-17)21-7-3-2-4-8-21/h2-13,15H,16H2,1H3. The van der Waals surface area contributed by atoms with Gasteiger partial charge in [0, 0.05) is 33.6 Å². The van der Waals surface area contributed by atoms with Crippen LogP contribution in [0.1, 0.15) is 21.6 Å². The molecule has 0 spiro atoms. The summed E-state index contributed by atoms with van der Waals surface area (Å²) < 4.78 is 8.48. The van der Waals surface area contributed by atoms with E-state index >= 15 is 0 Å². The molecule has 170 valence electrons. The van der Waals surface area contributed by atoms with Crippen LogP contribution in [0.3, 0.4) is 0 Å². The Kier molecular flexibility index (Phi) is 6.08. The highest BCUT2D eigenvalue weighted by Crippen LogP contribution is 2.38. The van der Waals surface area contributed by atoms with Gasteiger partial charge in [0.1, 0.15) is 11.6 Å². The molecule has 3 heterocycles. The fourth-order valence-corrected chi connectivity index (χ4v) is 4.17. The van der Waals surface area contributed by atoms with Gasteiger partial charge in [-0.25, -0.2) is 4.68 Å². The number of nitrogens with zero attached hydrogens (tertiary/aromatic N) is 5. The lowest BCUT2D eigenvalue weighted by molar-refractivity contribution is 0.0918. The first-order valence-electron chi connectivity index (χ1n) is 10.8. The smallest absolute Gasteiger partial charge is 0.234 e. The van der Waals surface area contributed by atoms with E-state index in [1.54, 1.807) is 47.4 Å². The number of rotatable bonds is 6. The third-order valence-electron chi connectivity index (χ3n) is 5.53. The largest absolute Gasteiger partial charge is 0.468 e. The summed E-state index contributed by atoms with van der Waals surface area (Å²) in [6, 6.07) is 22.5. The molecule has 0 unspecified atom stereocenters. The van der Waals surface area contributed by atoms with Crippen LogP contribution in [-0.4, -0.2) is 32.1 Å². The average molecular weight is 524 g/mol. The molecule has 3 aromatic heterocycles. The summed E-state index contributed by atoms with van der Waals surface area (Å²) in [5.74, 6) is -0.152. The number of aromatic nitrogens is 4. The molecule has 0 aliphatic heterocycles. The third-order valence-corrected chi connectivity index (χ3v) is 6.05. The van der Waals surface area contributed by atoms with Crippen molar-refractivity contribution in [2.75, 3.05) is 6.61 Å². The topological polar surface area (TPSA) is 93.7 Å². The maximum absolute atomic E-state index is 12.8. The van der Waals surface area contributed by atoms with Gasteiger partial charge in [0.2, 0.25) is 5.88 Å². The van der Waals surface area contributed by atoms with Crippen LogP contribution in [0.2, 0.25) is 0 Å². The SMILES string of the molecule is Cc1nn(-c2ccccc2)c2nc(OCC(=O)c3ccc(Br)cc3)c(C#N)c(-c3cccnc3)c12. The quantitative estimate of drug-likeness (QED) is 0.265. The Hall–Kier alpha value is -4.35. The molecule has 35 heavy (non-hydrogen) atoms. The van der Waals surface area contributed by atoms with E-state index in [-0.39, 0.29) is 23.8 Å². The number of ketones is 1. The Morgan fingerprint density at radius 1 is 1.09 bits per heavy atom. The molecular formula is C27H18BrN5O2. The second-order valence-electron chi connectivity index (χ2n) is 7.77. The van der Waals surface area contributed by atoms with E-state index in [1.807, 2.05) is 43.3 Å². The average Bonchev–Trinajstić information content (AvgIpc) is 3.23. The van der Waals surface area contributed by atoms with Crippen LogP contribution in [0, 0.1) is 18.3 Å². The number of hydrogen-bond donors (Lipinski definition) is 0. The summed E-state index contributed by atoms with van der Waals surface area (Å²) in [5, 5.41) is 15.6. The zero-order valence-electron chi connectivity index (χ0n) is 18.6. The summed E-state index contributed by atoms with van der Waals surface area (Å²) in [7, 11) is 0. The lowest BCUT2D eigenvalue weighted by Gasteiger charge is -2.13. The first-order valence-corrected chi connectivity index (χ1v) is 11.6. The highest BCUT2D eigenvalue weighted by atomic mass is 79.9. The first-order chi connectivity index (χ1) is 17.1. The molecule has 0 bridgehead atoms. The number of nitriles is 1. The van der Waals surface area contributed by atoms with Gasteiger partial charge in [-0.2, -0.15) is 15.3 Å². The zero-order chi connectivity index (χ0) is 24.4. The van der Waals surface area contributed by atoms with Gasteiger partial charge in [-0.3, -0.25) is 9.78 Å². The van der Waals surface area contributed by atoms with Crippen molar-refractivity contribution in [3.05, 3.63) is 100 Å². The minimum atomic E-state index is -0.264. The van der Waals surface area contributed by atoms with Crippen LogP contribution in [0.25, 0.3) is 27.8 Å². The molecule has 0 radical (unpaired) electrons. The van der Waals surface area contributed by atoms with Gasteiger partial charge in [0.15, 0.2) is 18.0 Å². The van der Waals surface area contributed by atoms with Crippen molar-refractivity contribution in [3.63, 3.8) is 0 Å². The molecule has 5 aromatic rings. The van der Waals surface area contributed by atoms with Crippen LogP contribution >= 0.6 is 15.9 Å². The van der Waals surface area contributed by atoms with Crippen molar-refractivity contribution in [1.29, 1.82) is 5.26 Å². The summed E-state index contributed by atoms with van der Waals surface area (Å²) in [6.07, 6.45) is 3.36. The van der Waals surface area contributed by atoms with E-state index in [9.17, 15) is 10.1 Å². The van der Waals surface area contributed by atoms with Crippen LogP contribution < -0.4 is 4.74 Å². The summed E-state index contributed by atoms with van der Waals surface area (Å²) in [5.41, 5.74) is 4.14. The van der Waals surface area contributed by atoms with Crippen molar-refractivity contribution in [2.45, 2.75) is 6.92 Å². The molecule has 0 fully saturated rings. The number of pyridine rings is 2. The van der Waals surface area contributed by atoms with E-state index < -0.39 is 0 Å². The first kappa shape index (κ1) is 22.4. The van der Waals surface area contributed by atoms with E-state index in [0.29, 0.717) is 22.5 Å². The molecule has 7 nitrogen and oxygen atoms in total. The highest BCUT2D eigenvalue weighted by Gasteiger charge is 2.24. The lowest BCUT2D eigenvalue weighted by Crippen LogP contribution is -2.13. The van der Waals surface area contributed by atoms with Crippen LogP contribution in [0.15, 0.2) is 83.6 Å². The maximum Gasteiger partial charge on any atom is 0.234 e. The fourth-order valence-electron chi connectivity index (χ4n) is 3.90. The monoisotopic (exact) mass is 523 g/mol. The third kappa shape index (κ3) is 4.29. The van der Waals surface area contributed by atoms with Crippen molar-refractivity contribution < 1.29 is 9.53 Å². The molecule has 0 aliphatic rings. The Balaban J connectivity index is 1.68. The number of benzene rings is 2. The molecule has 0 atom stereocenters. The van der Waals surface area contributed by atoms with Crippen LogP contribution in [0.4, 0.5) is 0 Å². The van der Waals surface area contributed by atoms with Crippen molar-refractivity contribution in [2.24, 2.45) is 0 Å². The Morgan fingerprint density at radius 3 is 2.54 bits per heavy atom. The number of Topliss-reactive ketones (excluding diaryl/α,β-unsaturated/α-hetero) is 1. The van der Waals surface area contributed by atoms with Crippen molar-refractivity contribution in [3.8, 4) is 28.8 Å². The molecule has 5 rings (SSSR count). The number of aryl methyl sites for hydroxylation is 1. The number of halogens is 1. The van der Waals surface area contributed by atoms with E-state index in [4.69, 9.17) is 9.84 Å². The second kappa shape index (κ2) is 9.49. The van der Waals surface area contributed by atoms with E-state index in [0.717, 1.165) is 21.1 Å². The minimum Gasteiger partial charge on any atom is -0.468 e. The van der Waals surface area contributed by atoms with Crippen molar-refractivity contribution in [1.82, 2.24) is 19.7 Å². The Bertz CT molecular complexity index is 1570. The fraction of sp³-hybridized carbons (Fsp3) is 0.0741. The van der Waals surface area contributed by atoms with Crippen molar-refractivity contribution >= 4 is 32.7 Å². The number of carbonyl (C=O) groups excluding carboxylic acids is 1. The maximum atomic E-state index is 12.8. The molecule has 0 amide bonds. The lowest BCUT2D eigenvalue weighted by atomic mass is 9.98. The predicted molar refractivity (Wildman–Crippen MR) is 136 cm³/mol. The Labute approximate surface area is 209 Å². The van der Waals surface area contributed by atoms with E-state index in [1.165, 1.54) is 0 Å². The van der Waals surface area contributed by atoms with Gasteiger partial charge < -0.3 is 4.74 Å². The highest BCUT2D eigenvalue weighted by molar-refractivity contribution is 9.10.